The van der Waals surface area contributed by atoms with Gasteiger partial charge in [-0.25, -0.2) is 0 Å². The van der Waals surface area contributed by atoms with Crippen LogP contribution in [-0.4, -0.2) is 12.1 Å². The molecule has 0 aliphatic heterocycles. The zero-order valence-corrected chi connectivity index (χ0v) is 8.13. The van der Waals surface area contributed by atoms with Gasteiger partial charge in [-0.2, -0.15) is 0 Å². The quantitative estimate of drug-likeness (QED) is 0.380. The minimum absolute atomic E-state index is 0.0306. The fraction of sp³-hybridized carbons (Fsp3) is 0.167. The number of hydrogen-bond acceptors (Lipinski definition) is 2. The van der Waals surface area contributed by atoms with Crippen LogP contribution in [0.25, 0.3) is 0 Å². The molecule has 0 aromatic heterocycles. The molecule has 0 bridgehead atoms. The first-order valence-electron chi connectivity index (χ1n) is 4.22. The molecule has 0 N–H and O–H groups in total. The first-order valence-corrected chi connectivity index (χ1v) is 4.22. The van der Waals surface area contributed by atoms with Crippen molar-refractivity contribution in [3.8, 4) is 11.8 Å². The summed E-state index contributed by atoms with van der Waals surface area (Å²) in [6, 6.07) is 5.24. The monoisotopic (exact) mass is 186 g/mol. The number of carbonyl (C=O) groups excluding carboxylic acids is 2. The van der Waals surface area contributed by atoms with Gasteiger partial charge in [-0.15, -0.1) is 0 Å². The van der Waals surface area contributed by atoms with Crippen molar-refractivity contribution in [2.75, 3.05) is 0 Å². The number of rotatable bonds is 1. The van der Waals surface area contributed by atoms with Gasteiger partial charge in [0.15, 0.2) is 12.1 Å². The molecule has 0 saturated heterocycles. The lowest BCUT2D eigenvalue weighted by molar-refractivity contribution is -0.103. The number of aryl methyl sites for hydroxylation is 1. The summed E-state index contributed by atoms with van der Waals surface area (Å²) in [4.78, 5) is 21.1. The molecule has 0 aliphatic rings. The number of carbonyl (C=O) groups is 2. The van der Waals surface area contributed by atoms with E-state index in [1.54, 1.807) is 18.2 Å². The van der Waals surface area contributed by atoms with Crippen molar-refractivity contribution in [2.45, 2.75) is 13.8 Å². The van der Waals surface area contributed by atoms with Gasteiger partial charge in [0.1, 0.15) is 0 Å². The van der Waals surface area contributed by atoms with E-state index >= 15 is 0 Å². The molecule has 0 saturated carbocycles. The third-order valence-electron chi connectivity index (χ3n) is 1.90. The first kappa shape index (κ1) is 10.2. The Kier molecular flexibility index (Phi) is 3.19. The van der Waals surface area contributed by atoms with E-state index in [1.807, 2.05) is 6.92 Å². The van der Waals surface area contributed by atoms with Crippen molar-refractivity contribution in [3.05, 3.63) is 34.9 Å². The van der Waals surface area contributed by atoms with Gasteiger partial charge in [-0.1, -0.05) is 12.0 Å². The summed E-state index contributed by atoms with van der Waals surface area (Å²) in [6.45, 7) is 3.38. The lowest BCUT2D eigenvalue weighted by Crippen LogP contribution is -1.93. The van der Waals surface area contributed by atoms with Crippen molar-refractivity contribution in [1.82, 2.24) is 0 Å². The Morgan fingerprint density at radius 2 is 2.14 bits per heavy atom. The van der Waals surface area contributed by atoms with Crippen LogP contribution in [0, 0.1) is 18.8 Å². The molecule has 0 fully saturated rings. The van der Waals surface area contributed by atoms with Crippen molar-refractivity contribution in [3.63, 3.8) is 0 Å². The average molecular weight is 186 g/mol. The molecule has 0 aliphatic carbocycles. The van der Waals surface area contributed by atoms with E-state index in [9.17, 15) is 9.59 Å². The molecule has 0 unspecified atom stereocenters. The summed E-state index contributed by atoms with van der Waals surface area (Å²) in [7, 11) is 0. The van der Waals surface area contributed by atoms with Gasteiger partial charge in [0, 0.05) is 11.1 Å². The number of aldehydes is 1. The molecule has 0 amide bonds. The van der Waals surface area contributed by atoms with Crippen LogP contribution in [0.4, 0.5) is 0 Å². The second kappa shape index (κ2) is 4.38. The maximum Gasteiger partial charge on any atom is 0.193 e. The van der Waals surface area contributed by atoms with Gasteiger partial charge >= 0.3 is 0 Å². The van der Waals surface area contributed by atoms with Gasteiger partial charge in [-0.05, 0) is 37.5 Å². The topological polar surface area (TPSA) is 34.1 Å². The predicted octanol–water partition coefficient (Wildman–Crippen LogP) is 1.75. The third kappa shape index (κ3) is 2.30. The molecule has 0 radical (unpaired) electrons. The summed E-state index contributed by atoms with van der Waals surface area (Å²) in [5.41, 5.74) is 2.35. The van der Waals surface area contributed by atoms with Crippen molar-refractivity contribution >= 4 is 12.1 Å². The van der Waals surface area contributed by atoms with E-state index in [-0.39, 0.29) is 5.78 Å². The van der Waals surface area contributed by atoms with E-state index in [0.29, 0.717) is 11.8 Å². The van der Waals surface area contributed by atoms with E-state index in [2.05, 4.69) is 11.8 Å². The van der Waals surface area contributed by atoms with Crippen LogP contribution in [0.2, 0.25) is 0 Å². The third-order valence-corrected chi connectivity index (χ3v) is 1.90. The fourth-order valence-electron chi connectivity index (χ4n) is 1.13. The van der Waals surface area contributed by atoms with Crippen LogP contribution in [0.1, 0.15) is 28.4 Å². The smallest absolute Gasteiger partial charge is 0.193 e. The Labute approximate surface area is 82.9 Å². The lowest BCUT2D eigenvalue weighted by Gasteiger charge is -2.00. The minimum Gasteiger partial charge on any atom is -0.295 e. The van der Waals surface area contributed by atoms with E-state index < -0.39 is 0 Å². The zero-order chi connectivity index (χ0) is 10.6. The molecule has 70 valence electrons. The highest BCUT2D eigenvalue weighted by Gasteiger charge is 2.01. The summed E-state index contributed by atoms with van der Waals surface area (Å²) < 4.78 is 0. The van der Waals surface area contributed by atoms with Crippen LogP contribution in [-0.2, 0) is 4.79 Å². The maximum absolute atomic E-state index is 11.0. The molecule has 2 heteroatoms. The average Bonchev–Trinajstić information content (AvgIpc) is 2.15. The molecule has 14 heavy (non-hydrogen) atoms. The summed E-state index contributed by atoms with van der Waals surface area (Å²) in [5, 5.41) is 0. The van der Waals surface area contributed by atoms with Gasteiger partial charge in [0.2, 0.25) is 0 Å². The fourth-order valence-corrected chi connectivity index (χ4v) is 1.13. The summed E-state index contributed by atoms with van der Waals surface area (Å²) in [5.74, 6) is 5.07. The second-order valence-corrected chi connectivity index (χ2v) is 2.97. The normalized spacial score (nSPS) is 8.71. The molecular weight excluding hydrogens is 176 g/mol. The first-order chi connectivity index (χ1) is 6.65. The Morgan fingerprint density at radius 1 is 1.43 bits per heavy atom. The number of hydrogen-bond donors (Lipinski definition) is 0. The van der Waals surface area contributed by atoms with E-state index in [0.717, 1.165) is 11.1 Å². The minimum atomic E-state index is 0.0306. The Bertz CT molecular complexity index is 433. The molecule has 1 aromatic carbocycles. The molecule has 0 spiro atoms. The Morgan fingerprint density at radius 3 is 2.64 bits per heavy atom. The molecular formula is C12H10O2. The Hall–Kier alpha value is -1.88. The highest BCUT2D eigenvalue weighted by Crippen LogP contribution is 2.10. The van der Waals surface area contributed by atoms with E-state index in [1.165, 1.54) is 6.92 Å². The lowest BCUT2D eigenvalue weighted by atomic mass is 10.0. The molecule has 0 heterocycles. The largest absolute Gasteiger partial charge is 0.295 e. The standard InChI is InChI=1S/C12H10O2/c1-9-8-12(10(2)14)6-5-11(9)4-3-7-13/h5-8H,1-2H3. The summed E-state index contributed by atoms with van der Waals surface area (Å²) >= 11 is 0. The van der Waals surface area contributed by atoms with E-state index in [4.69, 9.17) is 0 Å². The van der Waals surface area contributed by atoms with Gasteiger partial charge in [-0.3, -0.25) is 9.59 Å². The predicted molar refractivity (Wildman–Crippen MR) is 54.1 cm³/mol. The number of benzene rings is 1. The van der Waals surface area contributed by atoms with Crippen LogP contribution in [0.15, 0.2) is 18.2 Å². The van der Waals surface area contributed by atoms with Crippen molar-refractivity contribution in [1.29, 1.82) is 0 Å². The highest BCUT2D eigenvalue weighted by molar-refractivity contribution is 5.94. The number of Topliss-reactive ketones (excluding diaryl/α,β-unsaturated/α-hetero) is 1. The maximum atomic E-state index is 11.0. The number of ketones is 1. The van der Waals surface area contributed by atoms with Crippen molar-refractivity contribution in [2.24, 2.45) is 0 Å². The van der Waals surface area contributed by atoms with Crippen LogP contribution < -0.4 is 0 Å². The van der Waals surface area contributed by atoms with Crippen molar-refractivity contribution < 1.29 is 9.59 Å². The summed E-state index contributed by atoms with van der Waals surface area (Å²) in [6.07, 6.45) is 0.554. The molecule has 2 nitrogen and oxygen atoms in total. The molecule has 1 rings (SSSR count). The van der Waals surface area contributed by atoms with Gasteiger partial charge in [0.25, 0.3) is 0 Å². The molecule has 1 aromatic rings. The van der Waals surface area contributed by atoms with Gasteiger partial charge in [0.05, 0.1) is 0 Å². The van der Waals surface area contributed by atoms with Crippen LogP contribution >= 0.6 is 0 Å². The van der Waals surface area contributed by atoms with Crippen LogP contribution in [0.3, 0.4) is 0 Å². The van der Waals surface area contributed by atoms with Gasteiger partial charge < -0.3 is 0 Å². The Balaban J connectivity index is 3.13. The zero-order valence-electron chi connectivity index (χ0n) is 8.13. The molecule has 0 atom stereocenters. The SMILES string of the molecule is CC(=O)c1ccc(C#CC=O)c(C)c1. The highest BCUT2D eigenvalue weighted by atomic mass is 16.1. The van der Waals surface area contributed by atoms with Crippen LogP contribution in [0.5, 0.6) is 0 Å². The second-order valence-electron chi connectivity index (χ2n) is 2.97.